The Morgan fingerprint density at radius 3 is 2.12 bits per heavy atom. The van der Waals surface area contributed by atoms with E-state index in [1.165, 1.54) is 0 Å². The first-order valence-electron chi connectivity index (χ1n) is 9.05. The molecule has 0 spiro atoms. The molecule has 136 valence electrons. The lowest BCUT2D eigenvalue weighted by atomic mass is 9.96. The van der Waals surface area contributed by atoms with Crippen LogP contribution in [0.25, 0.3) is 0 Å². The van der Waals surface area contributed by atoms with Crippen molar-refractivity contribution in [3.63, 3.8) is 0 Å². The van der Waals surface area contributed by atoms with Gasteiger partial charge in [-0.1, -0.05) is 37.6 Å². The van der Waals surface area contributed by atoms with Crippen LogP contribution in [0.3, 0.4) is 0 Å². The minimum Gasteiger partial charge on any atom is -0.339 e. The molecule has 0 unspecified atom stereocenters. The summed E-state index contributed by atoms with van der Waals surface area (Å²) in [5, 5.41) is 3.83. The molecule has 1 heterocycles. The summed E-state index contributed by atoms with van der Waals surface area (Å²) in [6.45, 7) is 6.63. The highest BCUT2D eigenvalue weighted by Gasteiger charge is 2.35. The van der Waals surface area contributed by atoms with Crippen LogP contribution in [-0.4, -0.2) is 47.9 Å². The standard InChI is InChI=1S/C19H26ClN3O2/c1-13(2)17(14-5-7-16(20)8-6-14)21-19(25)23-11-9-22(10-12-23)18(24)15-3-4-15/h5-8,13,15,17H,3-4,9-12H2,1-2H3,(H,21,25)/t17-/m0/s1. The largest absolute Gasteiger partial charge is 0.339 e. The van der Waals surface area contributed by atoms with E-state index in [2.05, 4.69) is 19.2 Å². The summed E-state index contributed by atoms with van der Waals surface area (Å²) in [4.78, 5) is 28.5. The van der Waals surface area contributed by atoms with Crippen molar-refractivity contribution < 1.29 is 9.59 Å². The minimum absolute atomic E-state index is 0.0594. The van der Waals surface area contributed by atoms with E-state index in [0.29, 0.717) is 31.2 Å². The predicted octanol–water partition coefficient (Wildman–Crippen LogP) is 3.30. The van der Waals surface area contributed by atoms with Gasteiger partial charge in [-0.2, -0.15) is 0 Å². The van der Waals surface area contributed by atoms with Crippen molar-refractivity contribution in [2.45, 2.75) is 32.7 Å². The van der Waals surface area contributed by atoms with Gasteiger partial charge in [0.15, 0.2) is 0 Å². The second-order valence-corrected chi connectivity index (χ2v) is 7.75. The first-order chi connectivity index (χ1) is 12.0. The Hall–Kier alpha value is -1.75. The van der Waals surface area contributed by atoms with Gasteiger partial charge in [-0.15, -0.1) is 0 Å². The second kappa shape index (κ2) is 7.65. The third-order valence-electron chi connectivity index (χ3n) is 4.98. The summed E-state index contributed by atoms with van der Waals surface area (Å²) in [5.74, 6) is 0.778. The van der Waals surface area contributed by atoms with E-state index in [-0.39, 0.29) is 29.8 Å². The predicted molar refractivity (Wildman–Crippen MR) is 98.4 cm³/mol. The summed E-state index contributed by atoms with van der Waals surface area (Å²) >= 11 is 5.96. The average Bonchev–Trinajstić information content (AvgIpc) is 3.45. The van der Waals surface area contributed by atoms with Gasteiger partial charge in [0.1, 0.15) is 0 Å². The number of urea groups is 1. The molecule has 6 heteroatoms. The number of piperazine rings is 1. The van der Waals surface area contributed by atoms with Gasteiger partial charge in [0.25, 0.3) is 0 Å². The summed E-state index contributed by atoms with van der Waals surface area (Å²) < 4.78 is 0. The molecule has 1 saturated carbocycles. The van der Waals surface area contributed by atoms with Gasteiger partial charge >= 0.3 is 6.03 Å². The summed E-state index contributed by atoms with van der Waals surface area (Å²) in [5.41, 5.74) is 1.05. The van der Waals surface area contributed by atoms with Crippen LogP contribution in [0.2, 0.25) is 5.02 Å². The molecule has 1 N–H and O–H groups in total. The van der Waals surface area contributed by atoms with Crippen LogP contribution < -0.4 is 5.32 Å². The van der Waals surface area contributed by atoms with Gasteiger partial charge in [-0.25, -0.2) is 4.79 Å². The third-order valence-corrected chi connectivity index (χ3v) is 5.23. The third kappa shape index (κ3) is 4.46. The molecule has 0 aromatic heterocycles. The van der Waals surface area contributed by atoms with Gasteiger partial charge in [-0.3, -0.25) is 4.79 Å². The van der Waals surface area contributed by atoms with Crippen molar-refractivity contribution >= 4 is 23.5 Å². The fourth-order valence-corrected chi connectivity index (χ4v) is 3.37. The van der Waals surface area contributed by atoms with Gasteiger partial charge in [0.2, 0.25) is 5.91 Å². The Kier molecular flexibility index (Phi) is 5.52. The maximum Gasteiger partial charge on any atom is 0.318 e. The maximum atomic E-state index is 12.7. The number of hydrogen-bond acceptors (Lipinski definition) is 2. The van der Waals surface area contributed by atoms with Crippen molar-refractivity contribution in [1.82, 2.24) is 15.1 Å². The lowest BCUT2D eigenvalue weighted by molar-refractivity contribution is -0.133. The topological polar surface area (TPSA) is 52.7 Å². The lowest BCUT2D eigenvalue weighted by Crippen LogP contribution is -2.54. The Morgan fingerprint density at radius 2 is 1.60 bits per heavy atom. The number of rotatable bonds is 4. The van der Waals surface area contributed by atoms with Crippen LogP contribution in [0.1, 0.15) is 38.3 Å². The van der Waals surface area contributed by atoms with E-state index < -0.39 is 0 Å². The van der Waals surface area contributed by atoms with Gasteiger partial charge in [0, 0.05) is 37.1 Å². The van der Waals surface area contributed by atoms with Gasteiger partial charge in [-0.05, 0) is 36.5 Å². The Bertz CT molecular complexity index is 620. The van der Waals surface area contributed by atoms with Crippen LogP contribution in [0.5, 0.6) is 0 Å². The number of nitrogens with zero attached hydrogens (tertiary/aromatic N) is 2. The zero-order chi connectivity index (χ0) is 18.0. The molecule has 3 amide bonds. The second-order valence-electron chi connectivity index (χ2n) is 7.31. The number of hydrogen-bond donors (Lipinski definition) is 1. The van der Waals surface area contributed by atoms with Gasteiger partial charge < -0.3 is 15.1 Å². The van der Waals surface area contributed by atoms with E-state index in [1.54, 1.807) is 0 Å². The minimum atomic E-state index is -0.0628. The highest BCUT2D eigenvalue weighted by Crippen LogP contribution is 2.31. The van der Waals surface area contributed by atoms with E-state index in [4.69, 9.17) is 11.6 Å². The van der Waals surface area contributed by atoms with Crippen LogP contribution in [0.15, 0.2) is 24.3 Å². The molecule has 2 fully saturated rings. The molecule has 1 aromatic carbocycles. The average molecular weight is 364 g/mol. The van der Waals surface area contributed by atoms with E-state index in [1.807, 2.05) is 34.1 Å². The smallest absolute Gasteiger partial charge is 0.318 e. The number of carbonyl (C=O) groups excluding carboxylic acids is 2. The van der Waals surface area contributed by atoms with Crippen LogP contribution >= 0.6 is 11.6 Å². The molecule has 1 aliphatic heterocycles. The number of amides is 3. The SMILES string of the molecule is CC(C)[C@H](NC(=O)N1CCN(C(=O)C2CC2)CC1)c1ccc(Cl)cc1. The molecular weight excluding hydrogens is 338 g/mol. The number of halogens is 1. The normalized spacial score (nSPS) is 19.0. The van der Waals surface area contributed by atoms with Gasteiger partial charge in [0.05, 0.1) is 6.04 Å². The summed E-state index contributed by atoms with van der Waals surface area (Å²) in [6, 6.07) is 7.49. The van der Waals surface area contributed by atoms with Crippen molar-refractivity contribution in [1.29, 1.82) is 0 Å². The first kappa shape index (κ1) is 18.1. The Labute approximate surface area is 154 Å². The fourth-order valence-electron chi connectivity index (χ4n) is 3.25. The van der Waals surface area contributed by atoms with Crippen molar-refractivity contribution in [2.75, 3.05) is 26.2 Å². The monoisotopic (exact) mass is 363 g/mol. The van der Waals surface area contributed by atoms with E-state index in [9.17, 15) is 9.59 Å². The molecule has 1 atom stereocenters. The highest BCUT2D eigenvalue weighted by molar-refractivity contribution is 6.30. The molecule has 1 saturated heterocycles. The Balaban J connectivity index is 1.56. The number of carbonyl (C=O) groups is 2. The molecule has 5 nitrogen and oxygen atoms in total. The molecule has 3 rings (SSSR count). The Morgan fingerprint density at radius 1 is 1.04 bits per heavy atom. The fraction of sp³-hybridized carbons (Fsp3) is 0.579. The molecule has 1 aliphatic carbocycles. The molecule has 0 radical (unpaired) electrons. The quantitative estimate of drug-likeness (QED) is 0.892. The molecule has 1 aromatic rings. The van der Waals surface area contributed by atoms with Crippen molar-refractivity contribution in [2.24, 2.45) is 11.8 Å². The van der Waals surface area contributed by atoms with Crippen LogP contribution in [0.4, 0.5) is 4.79 Å². The molecular formula is C19H26ClN3O2. The van der Waals surface area contributed by atoms with Crippen LogP contribution in [0, 0.1) is 11.8 Å². The molecule has 25 heavy (non-hydrogen) atoms. The van der Waals surface area contributed by atoms with E-state index >= 15 is 0 Å². The van der Waals surface area contributed by atoms with Crippen molar-refractivity contribution in [3.05, 3.63) is 34.9 Å². The number of nitrogens with one attached hydrogen (secondary N) is 1. The molecule has 0 bridgehead atoms. The maximum absolute atomic E-state index is 12.7. The molecule has 2 aliphatic rings. The summed E-state index contributed by atoms with van der Waals surface area (Å²) in [6.07, 6.45) is 2.05. The number of benzene rings is 1. The zero-order valence-corrected chi connectivity index (χ0v) is 15.6. The van der Waals surface area contributed by atoms with E-state index in [0.717, 1.165) is 18.4 Å². The zero-order valence-electron chi connectivity index (χ0n) is 14.9. The lowest BCUT2D eigenvalue weighted by Gasteiger charge is -2.36. The first-order valence-corrected chi connectivity index (χ1v) is 9.43. The van der Waals surface area contributed by atoms with Crippen LogP contribution in [-0.2, 0) is 4.79 Å². The summed E-state index contributed by atoms with van der Waals surface area (Å²) in [7, 11) is 0. The highest BCUT2D eigenvalue weighted by atomic mass is 35.5. The van der Waals surface area contributed by atoms with Crippen molar-refractivity contribution in [3.8, 4) is 0 Å².